The van der Waals surface area contributed by atoms with Gasteiger partial charge in [-0.25, -0.2) is 8.42 Å². The van der Waals surface area contributed by atoms with Gasteiger partial charge in [-0.15, -0.1) is 0 Å². The molecule has 2 amide bonds. The van der Waals surface area contributed by atoms with Gasteiger partial charge in [0, 0.05) is 32.7 Å². The fourth-order valence-electron chi connectivity index (χ4n) is 4.27. The van der Waals surface area contributed by atoms with E-state index in [1.807, 2.05) is 33.8 Å². The van der Waals surface area contributed by atoms with Gasteiger partial charge in [0.1, 0.15) is 12.6 Å². The molecule has 41 heavy (non-hydrogen) atoms. The number of nitrogens with zero attached hydrogens (tertiary/aromatic N) is 2. The first-order chi connectivity index (χ1) is 19.1. The van der Waals surface area contributed by atoms with Gasteiger partial charge in [0.2, 0.25) is 11.8 Å². The van der Waals surface area contributed by atoms with E-state index in [0.29, 0.717) is 26.3 Å². The Labute approximate surface area is 257 Å². The highest BCUT2D eigenvalue weighted by molar-refractivity contribution is 7.92. The molecule has 1 atom stereocenters. The number of hydrogen-bond donors (Lipinski definition) is 1. The lowest BCUT2D eigenvalue weighted by Crippen LogP contribution is -2.55. The number of aryl methyl sites for hydroxylation is 1. The van der Waals surface area contributed by atoms with Crippen LogP contribution in [0.1, 0.15) is 45.2 Å². The number of halogens is 3. The van der Waals surface area contributed by atoms with E-state index in [1.165, 1.54) is 29.2 Å². The maximum absolute atomic E-state index is 14.2. The van der Waals surface area contributed by atoms with Gasteiger partial charge in [0.05, 0.1) is 10.6 Å². The van der Waals surface area contributed by atoms with E-state index in [1.54, 1.807) is 43.3 Å². The zero-order valence-electron chi connectivity index (χ0n) is 23.6. The third-order valence-electron chi connectivity index (χ3n) is 6.24. The summed E-state index contributed by atoms with van der Waals surface area (Å²) in [5.41, 5.74) is 0.999. The first-order valence-electron chi connectivity index (χ1n) is 13.0. The quantitative estimate of drug-likeness (QED) is 0.263. The maximum Gasteiger partial charge on any atom is 0.264 e. The molecule has 3 rings (SSSR count). The Kier molecular flexibility index (Phi) is 10.7. The molecule has 0 heterocycles. The SMILES string of the molecule is CC[C@@H](C(=O)NC(C)(C)C)N(Cc1c(Cl)cccc1Cl)C(=O)CN(c1cccc(C)c1)S(=O)(=O)c1ccc(Cl)cc1. The van der Waals surface area contributed by atoms with Gasteiger partial charge in [0.15, 0.2) is 0 Å². The van der Waals surface area contributed by atoms with Crippen LogP contribution in [-0.4, -0.2) is 43.3 Å². The molecule has 0 saturated carbocycles. The minimum absolute atomic E-state index is 0.0329. The first kappa shape index (κ1) is 32.7. The van der Waals surface area contributed by atoms with Gasteiger partial charge in [-0.3, -0.25) is 13.9 Å². The van der Waals surface area contributed by atoms with Gasteiger partial charge in [-0.2, -0.15) is 0 Å². The molecule has 7 nitrogen and oxygen atoms in total. The van der Waals surface area contributed by atoms with Crippen molar-refractivity contribution < 1.29 is 18.0 Å². The molecule has 0 aromatic heterocycles. The van der Waals surface area contributed by atoms with Crippen molar-refractivity contribution >= 4 is 62.3 Å². The summed E-state index contributed by atoms with van der Waals surface area (Å²) >= 11 is 18.9. The molecule has 0 spiro atoms. The average Bonchev–Trinajstić information content (AvgIpc) is 2.87. The summed E-state index contributed by atoms with van der Waals surface area (Å²) < 4.78 is 28.9. The van der Waals surface area contributed by atoms with Crippen LogP contribution in [0, 0.1) is 6.92 Å². The van der Waals surface area contributed by atoms with Gasteiger partial charge in [-0.1, -0.05) is 59.9 Å². The predicted molar refractivity (Wildman–Crippen MR) is 166 cm³/mol. The van der Waals surface area contributed by atoms with Crippen molar-refractivity contribution in [3.8, 4) is 0 Å². The minimum Gasteiger partial charge on any atom is -0.350 e. The van der Waals surface area contributed by atoms with Crippen LogP contribution in [0.15, 0.2) is 71.6 Å². The third kappa shape index (κ3) is 8.38. The summed E-state index contributed by atoms with van der Waals surface area (Å²) in [6.07, 6.45) is 0.268. The summed E-state index contributed by atoms with van der Waals surface area (Å²) in [5, 5.41) is 3.96. The van der Waals surface area contributed by atoms with Crippen molar-refractivity contribution in [2.75, 3.05) is 10.8 Å². The highest BCUT2D eigenvalue weighted by atomic mass is 35.5. The number of sulfonamides is 1. The van der Waals surface area contributed by atoms with Crippen LogP contribution in [0.3, 0.4) is 0 Å². The molecular weight excluding hydrogens is 605 g/mol. The molecule has 220 valence electrons. The van der Waals surface area contributed by atoms with E-state index < -0.39 is 34.1 Å². The third-order valence-corrected chi connectivity index (χ3v) is 8.99. The Balaban J connectivity index is 2.12. The summed E-state index contributed by atoms with van der Waals surface area (Å²) in [5.74, 6) is -0.977. The summed E-state index contributed by atoms with van der Waals surface area (Å²) in [6.45, 7) is 8.46. The van der Waals surface area contributed by atoms with Crippen LogP contribution in [0.25, 0.3) is 0 Å². The number of carbonyl (C=O) groups excluding carboxylic acids is 2. The van der Waals surface area contributed by atoms with Crippen LogP contribution in [0.4, 0.5) is 5.69 Å². The van der Waals surface area contributed by atoms with Crippen LogP contribution in [0.5, 0.6) is 0 Å². The van der Waals surface area contributed by atoms with Crippen molar-refractivity contribution in [2.45, 2.75) is 64.1 Å². The summed E-state index contributed by atoms with van der Waals surface area (Å²) in [4.78, 5) is 28.9. The Hall–Kier alpha value is -2.78. The Morgan fingerprint density at radius 3 is 2.05 bits per heavy atom. The number of anilines is 1. The number of nitrogens with one attached hydrogen (secondary N) is 1. The van der Waals surface area contributed by atoms with Crippen molar-refractivity contribution in [2.24, 2.45) is 0 Å². The monoisotopic (exact) mass is 637 g/mol. The number of rotatable bonds is 10. The highest BCUT2D eigenvalue weighted by Gasteiger charge is 2.35. The normalized spacial score (nSPS) is 12.5. The summed E-state index contributed by atoms with van der Waals surface area (Å²) in [6, 6.07) is 16.6. The minimum atomic E-state index is -4.21. The largest absolute Gasteiger partial charge is 0.350 e. The zero-order chi connectivity index (χ0) is 30.5. The topological polar surface area (TPSA) is 86.8 Å². The Morgan fingerprint density at radius 1 is 0.927 bits per heavy atom. The molecule has 1 N–H and O–H groups in total. The zero-order valence-corrected chi connectivity index (χ0v) is 26.7. The van der Waals surface area contributed by atoms with Crippen LogP contribution >= 0.6 is 34.8 Å². The van der Waals surface area contributed by atoms with E-state index in [2.05, 4.69) is 5.32 Å². The second kappa shape index (κ2) is 13.5. The Bertz CT molecular complexity index is 1490. The molecule has 0 unspecified atom stereocenters. The number of carbonyl (C=O) groups is 2. The fourth-order valence-corrected chi connectivity index (χ4v) is 6.32. The fraction of sp³-hybridized carbons (Fsp3) is 0.333. The first-order valence-corrected chi connectivity index (χ1v) is 15.6. The number of amides is 2. The van der Waals surface area contributed by atoms with E-state index in [-0.39, 0.29) is 23.8 Å². The highest BCUT2D eigenvalue weighted by Crippen LogP contribution is 2.29. The molecule has 0 radical (unpaired) electrons. The molecule has 3 aromatic rings. The molecule has 0 aliphatic carbocycles. The molecule has 0 bridgehead atoms. The average molecular weight is 639 g/mol. The second-order valence-corrected chi connectivity index (χ2v) is 13.8. The van der Waals surface area contributed by atoms with Crippen LogP contribution in [-0.2, 0) is 26.2 Å². The molecular formula is C30H34Cl3N3O4S. The molecule has 0 saturated heterocycles. The Morgan fingerprint density at radius 2 is 1.51 bits per heavy atom. The van der Waals surface area contributed by atoms with Crippen molar-refractivity contribution in [1.82, 2.24) is 10.2 Å². The lowest BCUT2D eigenvalue weighted by atomic mass is 10.1. The van der Waals surface area contributed by atoms with Gasteiger partial charge in [-0.05, 0) is 88.2 Å². The van der Waals surface area contributed by atoms with Crippen molar-refractivity contribution in [3.63, 3.8) is 0 Å². The summed E-state index contributed by atoms with van der Waals surface area (Å²) in [7, 11) is -4.21. The van der Waals surface area contributed by atoms with Crippen LogP contribution in [0.2, 0.25) is 15.1 Å². The van der Waals surface area contributed by atoms with E-state index >= 15 is 0 Å². The van der Waals surface area contributed by atoms with Crippen molar-refractivity contribution in [3.05, 3.63) is 92.9 Å². The van der Waals surface area contributed by atoms with Gasteiger partial charge in [0.25, 0.3) is 10.0 Å². The van der Waals surface area contributed by atoms with Gasteiger partial charge < -0.3 is 10.2 Å². The maximum atomic E-state index is 14.2. The van der Waals surface area contributed by atoms with Crippen molar-refractivity contribution in [1.29, 1.82) is 0 Å². The number of benzene rings is 3. The second-order valence-electron chi connectivity index (χ2n) is 10.7. The lowest BCUT2D eigenvalue weighted by Gasteiger charge is -2.35. The predicted octanol–water partition coefficient (Wildman–Crippen LogP) is 6.87. The molecule has 11 heteroatoms. The molecule has 0 fully saturated rings. The van der Waals surface area contributed by atoms with Crippen LogP contribution < -0.4 is 9.62 Å². The standard InChI is InChI=1S/C30H34Cl3N3O4S/c1-6-27(29(38)34-30(3,4)5)35(18-24-25(32)11-8-12-26(24)33)28(37)19-36(22-10-7-9-20(2)17-22)41(39,40)23-15-13-21(31)14-16-23/h7-17,27H,6,18-19H2,1-5H3,(H,34,38)/t27-/m0/s1. The molecule has 0 aliphatic rings. The van der Waals surface area contributed by atoms with Gasteiger partial charge >= 0.3 is 0 Å². The number of hydrogen-bond acceptors (Lipinski definition) is 4. The molecule has 0 aliphatic heterocycles. The van der Waals surface area contributed by atoms with E-state index in [9.17, 15) is 18.0 Å². The van der Waals surface area contributed by atoms with E-state index in [0.717, 1.165) is 9.87 Å². The smallest absolute Gasteiger partial charge is 0.264 e. The van der Waals surface area contributed by atoms with E-state index in [4.69, 9.17) is 34.8 Å². The molecule has 3 aromatic carbocycles. The lowest BCUT2D eigenvalue weighted by molar-refractivity contribution is -0.141.